The van der Waals surface area contributed by atoms with E-state index < -0.39 is 0 Å². The molecule has 1 saturated heterocycles. The fourth-order valence-corrected chi connectivity index (χ4v) is 1.69. The van der Waals surface area contributed by atoms with Crippen LogP contribution in [0.5, 0.6) is 0 Å². The van der Waals surface area contributed by atoms with E-state index in [0.29, 0.717) is 18.8 Å². The first-order valence-corrected chi connectivity index (χ1v) is 4.93. The summed E-state index contributed by atoms with van der Waals surface area (Å²) in [6.07, 6.45) is 0. The molecule has 1 aromatic rings. The molecule has 80 valence electrons. The number of hydrogen-bond donors (Lipinski definition) is 1. The van der Waals surface area contributed by atoms with Gasteiger partial charge in [0, 0.05) is 17.9 Å². The molecule has 1 amide bonds. The normalized spacial score (nSPS) is 16.9. The number of aryl methyl sites for hydroxylation is 1. The maximum absolute atomic E-state index is 11.6. The second-order valence-electron chi connectivity index (χ2n) is 3.64. The molecule has 1 heterocycles. The van der Waals surface area contributed by atoms with Crippen LogP contribution >= 0.6 is 0 Å². The topological polar surface area (TPSA) is 55.6 Å². The summed E-state index contributed by atoms with van der Waals surface area (Å²) in [7, 11) is 0. The number of nitrogen functional groups attached to an aromatic ring is 1. The summed E-state index contributed by atoms with van der Waals surface area (Å²) in [4.78, 5) is 13.3. The Labute approximate surface area is 88.6 Å². The Balaban J connectivity index is 2.34. The van der Waals surface area contributed by atoms with E-state index >= 15 is 0 Å². The van der Waals surface area contributed by atoms with E-state index in [1.807, 2.05) is 25.1 Å². The molecule has 1 aliphatic rings. The molecule has 0 bridgehead atoms. The van der Waals surface area contributed by atoms with Crippen molar-refractivity contribution in [2.75, 3.05) is 30.4 Å². The third-order valence-electron chi connectivity index (χ3n) is 2.51. The number of benzene rings is 1. The van der Waals surface area contributed by atoms with Crippen LogP contribution in [0.2, 0.25) is 0 Å². The third kappa shape index (κ3) is 1.94. The van der Waals surface area contributed by atoms with Crippen molar-refractivity contribution < 1.29 is 9.53 Å². The number of hydrogen-bond acceptors (Lipinski definition) is 3. The van der Waals surface area contributed by atoms with Crippen LogP contribution in [-0.4, -0.2) is 25.7 Å². The van der Waals surface area contributed by atoms with Gasteiger partial charge < -0.3 is 15.4 Å². The number of carbonyl (C=O) groups excluding carboxylic acids is 1. The van der Waals surface area contributed by atoms with Crippen molar-refractivity contribution >= 4 is 17.3 Å². The fraction of sp³-hybridized carbons (Fsp3) is 0.364. The van der Waals surface area contributed by atoms with E-state index in [1.54, 1.807) is 4.90 Å². The van der Waals surface area contributed by atoms with E-state index in [1.165, 1.54) is 0 Å². The van der Waals surface area contributed by atoms with Crippen molar-refractivity contribution in [3.8, 4) is 0 Å². The summed E-state index contributed by atoms with van der Waals surface area (Å²) in [6.45, 7) is 3.31. The number of rotatable bonds is 1. The van der Waals surface area contributed by atoms with Crippen LogP contribution < -0.4 is 10.6 Å². The van der Waals surface area contributed by atoms with E-state index in [4.69, 9.17) is 10.5 Å². The monoisotopic (exact) mass is 206 g/mol. The first-order chi connectivity index (χ1) is 7.18. The van der Waals surface area contributed by atoms with Crippen molar-refractivity contribution in [3.63, 3.8) is 0 Å². The highest BCUT2D eigenvalue weighted by atomic mass is 16.5. The summed E-state index contributed by atoms with van der Waals surface area (Å²) in [5, 5.41) is 0. The van der Waals surface area contributed by atoms with Gasteiger partial charge in [-0.15, -0.1) is 0 Å². The number of nitrogens with two attached hydrogens (primary N) is 1. The van der Waals surface area contributed by atoms with Crippen LogP contribution in [0.15, 0.2) is 18.2 Å². The molecular weight excluding hydrogens is 192 g/mol. The first-order valence-electron chi connectivity index (χ1n) is 4.93. The average Bonchev–Trinajstić information content (AvgIpc) is 2.23. The van der Waals surface area contributed by atoms with E-state index in [9.17, 15) is 4.79 Å². The lowest BCUT2D eigenvalue weighted by molar-refractivity contribution is -0.125. The lowest BCUT2D eigenvalue weighted by Gasteiger charge is -2.28. The van der Waals surface area contributed by atoms with E-state index in [2.05, 4.69) is 0 Å². The molecule has 0 spiro atoms. The molecular formula is C11H14N2O2. The highest BCUT2D eigenvalue weighted by Gasteiger charge is 2.21. The molecule has 15 heavy (non-hydrogen) atoms. The summed E-state index contributed by atoms with van der Waals surface area (Å²) >= 11 is 0. The van der Waals surface area contributed by atoms with Gasteiger partial charge in [0.05, 0.1) is 6.61 Å². The lowest BCUT2D eigenvalue weighted by Crippen LogP contribution is -2.42. The van der Waals surface area contributed by atoms with Crippen LogP contribution in [0.1, 0.15) is 5.56 Å². The Morgan fingerprint density at radius 1 is 1.47 bits per heavy atom. The van der Waals surface area contributed by atoms with E-state index in [-0.39, 0.29) is 12.5 Å². The number of carbonyl (C=O) groups is 1. The van der Waals surface area contributed by atoms with Gasteiger partial charge in [-0.1, -0.05) is 6.07 Å². The Bertz CT molecular complexity index is 390. The molecule has 1 aromatic carbocycles. The fourth-order valence-electron chi connectivity index (χ4n) is 1.69. The average molecular weight is 206 g/mol. The Morgan fingerprint density at radius 3 is 3.00 bits per heavy atom. The SMILES string of the molecule is Cc1ccc(N)cc1N1CCOCC1=O. The van der Waals surface area contributed by atoms with Gasteiger partial charge in [-0.2, -0.15) is 0 Å². The zero-order valence-corrected chi connectivity index (χ0v) is 8.69. The van der Waals surface area contributed by atoms with Gasteiger partial charge in [0.1, 0.15) is 6.61 Å². The molecule has 0 radical (unpaired) electrons. The van der Waals surface area contributed by atoms with Crippen LogP contribution in [-0.2, 0) is 9.53 Å². The Hall–Kier alpha value is -1.55. The van der Waals surface area contributed by atoms with Crippen LogP contribution in [0.3, 0.4) is 0 Å². The van der Waals surface area contributed by atoms with Crippen LogP contribution in [0.4, 0.5) is 11.4 Å². The van der Waals surface area contributed by atoms with Crippen molar-refractivity contribution in [1.82, 2.24) is 0 Å². The molecule has 0 unspecified atom stereocenters. The maximum Gasteiger partial charge on any atom is 0.253 e. The van der Waals surface area contributed by atoms with Crippen LogP contribution in [0.25, 0.3) is 0 Å². The molecule has 0 atom stereocenters. The predicted octanol–water partition coefficient (Wildman–Crippen LogP) is 0.940. The number of amides is 1. The van der Waals surface area contributed by atoms with Crippen LogP contribution in [0, 0.1) is 6.92 Å². The van der Waals surface area contributed by atoms with Crippen molar-refractivity contribution in [1.29, 1.82) is 0 Å². The molecule has 1 aliphatic heterocycles. The molecule has 0 aliphatic carbocycles. The van der Waals surface area contributed by atoms with Crippen molar-refractivity contribution in [2.24, 2.45) is 0 Å². The number of morpholine rings is 1. The zero-order chi connectivity index (χ0) is 10.8. The van der Waals surface area contributed by atoms with Crippen molar-refractivity contribution in [2.45, 2.75) is 6.92 Å². The maximum atomic E-state index is 11.6. The minimum absolute atomic E-state index is 0.00468. The van der Waals surface area contributed by atoms with Gasteiger partial charge in [-0.3, -0.25) is 4.79 Å². The second-order valence-corrected chi connectivity index (χ2v) is 3.64. The lowest BCUT2D eigenvalue weighted by atomic mass is 10.1. The smallest absolute Gasteiger partial charge is 0.253 e. The van der Waals surface area contributed by atoms with Gasteiger partial charge in [-0.05, 0) is 24.6 Å². The summed E-state index contributed by atoms with van der Waals surface area (Å²) in [5.74, 6) is -0.00468. The third-order valence-corrected chi connectivity index (χ3v) is 2.51. The molecule has 2 rings (SSSR count). The molecule has 0 aromatic heterocycles. The molecule has 4 heteroatoms. The number of nitrogens with zero attached hydrogens (tertiary/aromatic N) is 1. The number of ether oxygens (including phenoxy) is 1. The van der Waals surface area contributed by atoms with Gasteiger partial charge in [0.25, 0.3) is 5.91 Å². The Morgan fingerprint density at radius 2 is 2.27 bits per heavy atom. The van der Waals surface area contributed by atoms with Gasteiger partial charge in [0.2, 0.25) is 0 Å². The second kappa shape index (κ2) is 3.90. The van der Waals surface area contributed by atoms with Crippen molar-refractivity contribution in [3.05, 3.63) is 23.8 Å². The predicted molar refractivity (Wildman–Crippen MR) is 58.8 cm³/mol. The molecule has 4 nitrogen and oxygen atoms in total. The highest BCUT2D eigenvalue weighted by Crippen LogP contribution is 2.23. The largest absolute Gasteiger partial charge is 0.399 e. The molecule has 0 saturated carbocycles. The number of anilines is 2. The van der Waals surface area contributed by atoms with Gasteiger partial charge in [-0.25, -0.2) is 0 Å². The highest BCUT2D eigenvalue weighted by molar-refractivity contribution is 5.96. The Kier molecular flexibility index (Phi) is 2.60. The van der Waals surface area contributed by atoms with E-state index in [0.717, 1.165) is 11.3 Å². The molecule has 1 fully saturated rings. The molecule has 2 N–H and O–H groups in total. The standard InChI is InChI=1S/C11H14N2O2/c1-8-2-3-9(12)6-10(8)13-4-5-15-7-11(13)14/h2-3,6H,4-5,7,12H2,1H3. The zero-order valence-electron chi connectivity index (χ0n) is 8.69. The quantitative estimate of drug-likeness (QED) is 0.696. The summed E-state index contributed by atoms with van der Waals surface area (Å²) in [5.41, 5.74) is 8.33. The van der Waals surface area contributed by atoms with Gasteiger partial charge >= 0.3 is 0 Å². The van der Waals surface area contributed by atoms with Gasteiger partial charge in [0.15, 0.2) is 0 Å². The summed E-state index contributed by atoms with van der Waals surface area (Å²) < 4.78 is 5.08. The minimum Gasteiger partial charge on any atom is -0.399 e. The minimum atomic E-state index is -0.00468. The summed E-state index contributed by atoms with van der Waals surface area (Å²) in [6, 6.07) is 5.59. The first kappa shape index (κ1) is 9.98.